The van der Waals surface area contributed by atoms with E-state index in [1.165, 1.54) is 31.4 Å². The van der Waals surface area contributed by atoms with Crippen LogP contribution in [0.15, 0.2) is 24.3 Å². The molecule has 1 saturated carbocycles. The predicted molar refractivity (Wildman–Crippen MR) is 82.6 cm³/mol. The molecule has 0 aliphatic heterocycles. The van der Waals surface area contributed by atoms with Crippen LogP contribution in [0.4, 0.5) is 0 Å². The van der Waals surface area contributed by atoms with E-state index in [4.69, 9.17) is 11.6 Å². The van der Waals surface area contributed by atoms with Gasteiger partial charge in [-0.15, -0.1) is 0 Å². The zero-order valence-electron chi connectivity index (χ0n) is 12.0. The van der Waals surface area contributed by atoms with Gasteiger partial charge in [-0.1, -0.05) is 37.1 Å². The summed E-state index contributed by atoms with van der Waals surface area (Å²) in [6, 6.07) is 8.89. The zero-order valence-corrected chi connectivity index (χ0v) is 12.8. The average Bonchev–Trinajstić information content (AvgIpc) is 2.77. The minimum Gasteiger partial charge on any atom is -0.314 e. The van der Waals surface area contributed by atoms with Gasteiger partial charge >= 0.3 is 0 Å². The third kappa shape index (κ3) is 4.48. The average molecular weight is 281 g/mol. The van der Waals surface area contributed by atoms with Gasteiger partial charge in [-0.2, -0.15) is 0 Å². The van der Waals surface area contributed by atoms with Gasteiger partial charge in [-0.25, -0.2) is 0 Å². The van der Waals surface area contributed by atoms with E-state index < -0.39 is 0 Å². The van der Waals surface area contributed by atoms with Crippen molar-refractivity contribution < 1.29 is 0 Å². The topological polar surface area (TPSA) is 15.3 Å². The van der Waals surface area contributed by atoms with Gasteiger partial charge < -0.3 is 10.2 Å². The van der Waals surface area contributed by atoms with Gasteiger partial charge in [-0.3, -0.25) is 0 Å². The van der Waals surface area contributed by atoms with E-state index in [9.17, 15) is 0 Å². The molecule has 0 spiro atoms. The van der Waals surface area contributed by atoms with Crippen molar-refractivity contribution in [2.75, 3.05) is 20.1 Å². The first-order valence-electron chi connectivity index (χ1n) is 7.35. The minimum absolute atomic E-state index is 0.715. The van der Waals surface area contributed by atoms with Crippen molar-refractivity contribution in [3.63, 3.8) is 0 Å². The molecule has 106 valence electrons. The second-order valence-electron chi connectivity index (χ2n) is 5.68. The smallest absolute Gasteiger partial charge is 0.0409 e. The maximum absolute atomic E-state index is 6.03. The molecule has 1 aliphatic rings. The standard InChI is InChI=1S/C16H25ClN2/c1-3-18-16-9-5-7-14(16)12-19(2)11-13-6-4-8-15(17)10-13/h4,6,8,10,14,16,18H,3,5,7,9,11-12H2,1-2H3. The zero-order chi connectivity index (χ0) is 13.7. The van der Waals surface area contributed by atoms with Crippen molar-refractivity contribution in [1.82, 2.24) is 10.2 Å². The summed E-state index contributed by atoms with van der Waals surface area (Å²) in [5, 5.41) is 4.46. The number of nitrogens with zero attached hydrogens (tertiary/aromatic N) is 1. The van der Waals surface area contributed by atoms with Gasteiger partial charge in [0, 0.05) is 24.2 Å². The van der Waals surface area contributed by atoms with Crippen LogP contribution in [0.25, 0.3) is 0 Å². The Morgan fingerprint density at radius 2 is 2.21 bits per heavy atom. The van der Waals surface area contributed by atoms with Crippen LogP contribution >= 0.6 is 11.6 Å². The lowest BCUT2D eigenvalue weighted by Crippen LogP contribution is -2.38. The minimum atomic E-state index is 0.715. The molecule has 1 aliphatic carbocycles. The molecule has 1 aromatic rings. The molecule has 0 bridgehead atoms. The highest BCUT2D eigenvalue weighted by molar-refractivity contribution is 6.30. The largest absolute Gasteiger partial charge is 0.314 e. The second kappa shape index (κ2) is 7.28. The molecule has 2 atom stereocenters. The number of benzene rings is 1. The summed E-state index contributed by atoms with van der Waals surface area (Å²) in [5.74, 6) is 0.795. The van der Waals surface area contributed by atoms with E-state index in [1.807, 2.05) is 12.1 Å². The van der Waals surface area contributed by atoms with Gasteiger partial charge in [0.2, 0.25) is 0 Å². The Morgan fingerprint density at radius 3 is 2.95 bits per heavy atom. The highest BCUT2D eigenvalue weighted by Crippen LogP contribution is 2.26. The van der Waals surface area contributed by atoms with Crippen LogP contribution in [-0.4, -0.2) is 31.1 Å². The Morgan fingerprint density at radius 1 is 1.37 bits per heavy atom. The van der Waals surface area contributed by atoms with Gasteiger partial charge in [0.05, 0.1) is 0 Å². The fourth-order valence-electron chi connectivity index (χ4n) is 3.20. The normalized spacial score (nSPS) is 23.2. The predicted octanol–water partition coefficient (Wildman–Crippen LogP) is 3.55. The first kappa shape index (κ1) is 14.8. The van der Waals surface area contributed by atoms with Crippen LogP contribution in [-0.2, 0) is 6.54 Å². The summed E-state index contributed by atoms with van der Waals surface area (Å²) in [4.78, 5) is 2.42. The van der Waals surface area contributed by atoms with Crippen LogP contribution < -0.4 is 5.32 Å². The van der Waals surface area contributed by atoms with E-state index in [0.29, 0.717) is 6.04 Å². The molecular formula is C16H25ClN2. The molecule has 19 heavy (non-hydrogen) atoms. The Labute approximate surface area is 122 Å². The number of hydrogen-bond donors (Lipinski definition) is 1. The van der Waals surface area contributed by atoms with Gasteiger partial charge in [0.25, 0.3) is 0 Å². The van der Waals surface area contributed by atoms with Gasteiger partial charge in [0.15, 0.2) is 0 Å². The van der Waals surface area contributed by atoms with Crippen molar-refractivity contribution in [3.8, 4) is 0 Å². The number of nitrogens with one attached hydrogen (secondary N) is 1. The monoisotopic (exact) mass is 280 g/mol. The molecule has 3 heteroatoms. The Bertz CT molecular complexity index is 394. The maximum atomic E-state index is 6.03. The summed E-state index contributed by atoms with van der Waals surface area (Å²) in [7, 11) is 2.21. The van der Waals surface area contributed by atoms with Crippen molar-refractivity contribution >= 4 is 11.6 Å². The molecule has 0 amide bonds. The fraction of sp³-hybridized carbons (Fsp3) is 0.625. The van der Waals surface area contributed by atoms with E-state index in [1.54, 1.807) is 0 Å². The summed E-state index contributed by atoms with van der Waals surface area (Å²) < 4.78 is 0. The lowest BCUT2D eigenvalue weighted by atomic mass is 10.0. The molecule has 0 radical (unpaired) electrons. The summed E-state index contributed by atoms with van der Waals surface area (Å²) in [5.41, 5.74) is 1.30. The first-order valence-corrected chi connectivity index (χ1v) is 7.73. The fourth-order valence-corrected chi connectivity index (χ4v) is 3.41. The molecule has 1 fully saturated rings. The third-order valence-corrected chi connectivity index (χ3v) is 4.25. The van der Waals surface area contributed by atoms with E-state index in [-0.39, 0.29) is 0 Å². The second-order valence-corrected chi connectivity index (χ2v) is 6.12. The molecule has 2 nitrogen and oxygen atoms in total. The lowest BCUT2D eigenvalue weighted by Gasteiger charge is -2.26. The van der Waals surface area contributed by atoms with E-state index in [0.717, 1.165) is 24.0 Å². The molecule has 0 aromatic heterocycles. The highest BCUT2D eigenvalue weighted by atomic mass is 35.5. The van der Waals surface area contributed by atoms with Crippen LogP contribution in [0.2, 0.25) is 5.02 Å². The van der Waals surface area contributed by atoms with Gasteiger partial charge in [-0.05, 0) is 50.0 Å². The Balaban J connectivity index is 1.85. The maximum Gasteiger partial charge on any atom is 0.0409 e. The van der Waals surface area contributed by atoms with Crippen molar-refractivity contribution in [3.05, 3.63) is 34.9 Å². The van der Waals surface area contributed by atoms with E-state index in [2.05, 4.69) is 36.3 Å². The molecule has 2 rings (SSSR count). The van der Waals surface area contributed by atoms with Crippen molar-refractivity contribution in [2.24, 2.45) is 5.92 Å². The first-order chi connectivity index (χ1) is 9.19. The van der Waals surface area contributed by atoms with Crippen molar-refractivity contribution in [2.45, 2.75) is 38.8 Å². The Hall–Kier alpha value is -0.570. The number of hydrogen-bond acceptors (Lipinski definition) is 2. The molecule has 1 N–H and O–H groups in total. The Kier molecular flexibility index (Phi) is 5.68. The van der Waals surface area contributed by atoms with Crippen LogP contribution in [0.1, 0.15) is 31.7 Å². The molecule has 0 saturated heterocycles. The molecular weight excluding hydrogens is 256 g/mol. The number of halogens is 1. The summed E-state index contributed by atoms with van der Waals surface area (Å²) >= 11 is 6.03. The third-order valence-electron chi connectivity index (χ3n) is 4.01. The SMILES string of the molecule is CCNC1CCCC1CN(C)Cc1cccc(Cl)c1. The van der Waals surface area contributed by atoms with Gasteiger partial charge in [0.1, 0.15) is 0 Å². The quantitative estimate of drug-likeness (QED) is 0.857. The summed E-state index contributed by atoms with van der Waals surface area (Å²) in [6.07, 6.45) is 4.06. The molecule has 0 heterocycles. The van der Waals surface area contributed by atoms with Crippen molar-refractivity contribution in [1.29, 1.82) is 0 Å². The highest BCUT2D eigenvalue weighted by Gasteiger charge is 2.27. The molecule has 2 unspecified atom stereocenters. The van der Waals surface area contributed by atoms with Crippen LogP contribution in [0.3, 0.4) is 0 Å². The number of rotatable bonds is 6. The molecule has 1 aromatic carbocycles. The lowest BCUT2D eigenvalue weighted by molar-refractivity contribution is 0.246. The van der Waals surface area contributed by atoms with Crippen LogP contribution in [0, 0.1) is 5.92 Å². The summed E-state index contributed by atoms with van der Waals surface area (Å²) in [6.45, 7) is 5.43. The van der Waals surface area contributed by atoms with Crippen LogP contribution in [0.5, 0.6) is 0 Å². The van der Waals surface area contributed by atoms with E-state index >= 15 is 0 Å².